The van der Waals surface area contributed by atoms with E-state index in [1.807, 2.05) is 0 Å². The molecule has 0 bridgehead atoms. The van der Waals surface area contributed by atoms with Gasteiger partial charge in [-0.3, -0.25) is 0 Å². The molecule has 0 saturated carbocycles. The van der Waals surface area contributed by atoms with Crippen molar-refractivity contribution in [1.29, 1.82) is 0 Å². The van der Waals surface area contributed by atoms with Crippen LogP contribution in [0.15, 0.2) is 6.20 Å². The Hall–Kier alpha value is -2.12. The second-order valence-electron chi connectivity index (χ2n) is 4.62. The van der Waals surface area contributed by atoms with Crippen LogP contribution in [0.5, 0.6) is 0 Å². The van der Waals surface area contributed by atoms with Crippen molar-refractivity contribution >= 4 is 11.9 Å². The van der Waals surface area contributed by atoms with Gasteiger partial charge in [-0.25, -0.2) is 14.3 Å². The van der Waals surface area contributed by atoms with Gasteiger partial charge in [0.15, 0.2) is 5.69 Å². The van der Waals surface area contributed by atoms with Crippen molar-refractivity contribution in [3.8, 4) is 0 Å². The zero-order chi connectivity index (χ0) is 16.7. The van der Waals surface area contributed by atoms with Gasteiger partial charge in [-0.2, -0.15) is 0 Å². The van der Waals surface area contributed by atoms with Crippen molar-refractivity contribution in [2.24, 2.45) is 0 Å². The summed E-state index contributed by atoms with van der Waals surface area (Å²) in [5.74, 6) is -3.33. The largest absolute Gasteiger partial charge is 0.478 e. The van der Waals surface area contributed by atoms with Gasteiger partial charge < -0.3 is 35.4 Å². The molecular weight excluding hydrogens is 306 g/mol. The van der Waals surface area contributed by atoms with Gasteiger partial charge in [0.2, 0.25) is 0 Å². The lowest BCUT2D eigenvalue weighted by atomic mass is 9.90. The van der Waals surface area contributed by atoms with E-state index in [-0.39, 0.29) is 0 Å². The van der Waals surface area contributed by atoms with Crippen LogP contribution in [0, 0.1) is 0 Å². The van der Waals surface area contributed by atoms with Crippen LogP contribution in [0.2, 0.25) is 0 Å². The number of hydrogen-bond acceptors (Lipinski definition) is 9. The third-order valence-corrected chi connectivity index (χ3v) is 3.33. The minimum atomic E-state index is -2.76. The molecule has 122 valence electrons. The first kappa shape index (κ1) is 16.3. The van der Waals surface area contributed by atoms with Crippen LogP contribution in [0.4, 0.5) is 0 Å². The number of aromatic carboxylic acids is 1. The Morgan fingerprint density at radius 3 is 2.36 bits per heavy atom. The number of aliphatic carboxylic acids is 1. The van der Waals surface area contributed by atoms with Crippen LogP contribution >= 0.6 is 0 Å². The summed E-state index contributed by atoms with van der Waals surface area (Å²) in [6.45, 7) is -0.861. The number of rotatable bonds is 4. The molecule has 0 aromatic carbocycles. The highest BCUT2D eigenvalue weighted by atomic mass is 16.6. The molecule has 1 aliphatic heterocycles. The van der Waals surface area contributed by atoms with Crippen molar-refractivity contribution in [1.82, 2.24) is 15.0 Å². The zero-order valence-electron chi connectivity index (χ0n) is 10.8. The quantitative estimate of drug-likeness (QED) is 0.318. The molecule has 1 aromatic heterocycles. The average molecular weight is 319 g/mol. The standard InChI is InChI=1S/C10H13N3O9/c14-2-4-5(15)6(16)7(17)10(22-4,9(20)21)13-1-3(8(18)19)11-12-13/h1,4-7,14-17H,2H2,(H,18,19)(H,20,21)/t4-,5-,6+,7-,10+/m1/s1. The SMILES string of the molecule is O=C(O)c1cn([C@]2(C(=O)O)O[C@H](CO)[C@@H](O)[C@H](O)[C@H]2O)nn1. The monoisotopic (exact) mass is 319 g/mol. The van der Waals surface area contributed by atoms with Crippen LogP contribution in [0.1, 0.15) is 10.5 Å². The van der Waals surface area contributed by atoms with E-state index < -0.39 is 54.4 Å². The first-order chi connectivity index (χ1) is 10.3. The molecule has 22 heavy (non-hydrogen) atoms. The third kappa shape index (κ3) is 2.22. The predicted molar refractivity (Wildman–Crippen MR) is 62.6 cm³/mol. The number of carbonyl (C=O) groups is 2. The molecule has 0 aliphatic carbocycles. The van der Waals surface area contributed by atoms with Gasteiger partial charge in [-0.05, 0) is 0 Å². The number of nitrogens with zero attached hydrogens (tertiary/aromatic N) is 3. The van der Waals surface area contributed by atoms with E-state index in [0.717, 1.165) is 0 Å². The van der Waals surface area contributed by atoms with E-state index in [9.17, 15) is 30.0 Å². The summed E-state index contributed by atoms with van der Waals surface area (Å²) in [4.78, 5) is 22.4. The van der Waals surface area contributed by atoms with Crippen LogP contribution in [-0.4, -0.2) is 88.6 Å². The van der Waals surface area contributed by atoms with Crippen LogP contribution in [-0.2, 0) is 15.3 Å². The molecule has 0 radical (unpaired) electrons. The van der Waals surface area contributed by atoms with Gasteiger partial charge in [0.25, 0.3) is 5.72 Å². The number of aliphatic hydroxyl groups excluding tert-OH is 4. The van der Waals surface area contributed by atoms with E-state index in [1.54, 1.807) is 0 Å². The second kappa shape index (κ2) is 5.58. The number of aromatic nitrogens is 3. The Morgan fingerprint density at radius 2 is 1.91 bits per heavy atom. The number of carboxylic acid groups (broad SMARTS) is 2. The summed E-state index contributed by atoms with van der Waals surface area (Å²) < 4.78 is 5.42. The van der Waals surface area contributed by atoms with Gasteiger partial charge >= 0.3 is 11.9 Å². The highest BCUT2D eigenvalue weighted by Crippen LogP contribution is 2.34. The fourth-order valence-corrected chi connectivity index (χ4v) is 2.14. The molecule has 1 aromatic rings. The van der Waals surface area contributed by atoms with E-state index in [2.05, 4.69) is 10.3 Å². The van der Waals surface area contributed by atoms with Crippen LogP contribution < -0.4 is 0 Å². The molecule has 2 rings (SSSR count). The van der Waals surface area contributed by atoms with Gasteiger partial charge in [0.1, 0.15) is 24.4 Å². The molecular formula is C10H13N3O9. The van der Waals surface area contributed by atoms with Crippen LogP contribution in [0.3, 0.4) is 0 Å². The minimum absolute atomic E-state index is 0.404. The van der Waals surface area contributed by atoms with Crippen molar-refractivity contribution in [2.45, 2.75) is 30.1 Å². The van der Waals surface area contributed by atoms with Crippen molar-refractivity contribution < 1.29 is 45.0 Å². The molecule has 12 nitrogen and oxygen atoms in total. The lowest BCUT2D eigenvalue weighted by Gasteiger charge is -2.45. The Bertz CT molecular complexity index is 588. The molecule has 5 atom stereocenters. The topological polar surface area (TPSA) is 195 Å². The fraction of sp³-hybridized carbons (Fsp3) is 0.600. The Kier molecular flexibility index (Phi) is 4.12. The van der Waals surface area contributed by atoms with Crippen LogP contribution in [0.25, 0.3) is 0 Å². The summed E-state index contributed by atoms with van der Waals surface area (Å²) in [5, 5.41) is 63.2. The highest BCUT2D eigenvalue weighted by molar-refractivity contribution is 5.85. The molecule has 0 unspecified atom stereocenters. The molecule has 2 heterocycles. The normalized spacial score (nSPS) is 35.3. The molecule has 0 spiro atoms. The highest BCUT2D eigenvalue weighted by Gasteiger charge is 2.60. The van der Waals surface area contributed by atoms with E-state index >= 15 is 0 Å². The van der Waals surface area contributed by atoms with Gasteiger partial charge in [-0.15, -0.1) is 5.10 Å². The van der Waals surface area contributed by atoms with Gasteiger partial charge in [0.05, 0.1) is 12.8 Å². The third-order valence-electron chi connectivity index (χ3n) is 3.33. The van der Waals surface area contributed by atoms with Crippen molar-refractivity contribution in [2.75, 3.05) is 6.61 Å². The summed E-state index contributed by atoms with van der Waals surface area (Å²) in [6, 6.07) is 0. The van der Waals surface area contributed by atoms with E-state index in [1.165, 1.54) is 0 Å². The maximum atomic E-state index is 11.6. The first-order valence-electron chi connectivity index (χ1n) is 5.98. The molecule has 1 fully saturated rings. The molecule has 1 saturated heterocycles. The maximum Gasteiger partial charge on any atom is 0.362 e. The van der Waals surface area contributed by atoms with E-state index in [0.29, 0.717) is 10.9 Å². The minimum Gasteiger partial charge on any atom is -0.478 e. The number of carboxylic acids is 2. The van der Waals surface area contributed by atoms with Crippen molar-refractivity contribution in [3.05, 3.63) is 11.9 Å². The number of hydrogen-bond donors (Lipinski definition) is 6. The lowest BCUT2D eigenvalue weighted by molar-refractivity contribution is -0.303. The first-order valence-corrected chi connectivity index (χ1v) is 5.98. The zero-order valence-corrected chi connectivity index (χ0v) is 10.8. The second-order valence-corrected chi connectivity index (χ2v) is 4.62. The predicted octanol–water partition coefficient (Wildman–Crippen LogP) is -3.81. The Morgan fingerprint density at radius 1 is 1.27 bits per heavy atom. The molecule has 6 N–H and O–H groups in total. The fourth-order valence-electron chi connectivity index (χ4n) is 2.14. The molecule has 0 amide bonds. The summed E-state index contributed by atoms with van der Waals surface area (Å²) in [6.07, 6.45) is -6.81. The Labute approximate surface area is 121 Å². The summed E-state index contributed by atoms with van der Waals surface area (Å²) in [5.41, 5.74) is -3.38. The summed E-state index contributed by atoms with van der Waals surface area (Å²) >= 11 is 0. The van der Waals surface area contributed by atoms with Gasteiger partial charge in [-0.1, -0.05) is 5.21 Å². The van der Waals surface area contributed by atoms with E-state index in [4.69, 9.17) is 14.9 Å². The number of ether oxygens (including phenoxy) is 1. The summed E-state index contributed by atoms with van der Waals surface area (Å²) in [7, 11) is 0. The smallest absolute Gasteiger partial charge is 0.362 e. The number of aliphatic hydroxyl groups is 4. The maximum absolute atomic E-state index is 11.6. The van der Waals surface area contributed by atoms with Gasteiger partial charge in [0, 0.05) is 0 Å². The Balaban J connectivity index is 2.55. The molecule has 1 aliphatic rings. The molecule has 12 heteroatoms. The van der Waals surface area contributed by atoms with Crippen molar-refractivity contribution in [3.63, 3.8) is 0 Å². The average Bonchev–Trinajstić information content (AvgIpc) is 2.95. The lowest BCUT2D eigenvalue weighted by Crippen LogP contribution is -2.68.